The predicted octanol–water partition coefficient (Wildman–Crippen LogP) is 6.56. The van der Waals surface area contributed by atoms with E-state index in [9.17, 15) is 22.8 Å². The molecule has 1 unspecified atom stereocenters. The van der Waals surface area contributed by atoms with Crippen LogP contribution in [0, 0.1) is 6.92 Å². The maximum absolute atomic E-state index is 12.6. The molecule has 0 aliphatic carbocycles. The fourth-order valence-electron chi connectivity index (χ4n) is 3.46. The van der Waals surface area contributed by atoms with Gasteiger partial charge in [-0.1, -0.05) is 53.6 Å². The number of hydrogen-bond donors (Lipinski definition) is 2. The van der Waals surface area contributed by atoms with Crippen molar-refractivity contribution in [3.63, 3.8) is 0 Å². The summed E-state index contributed by atoms with van der Waals surface area (Å²) in [5.41, 5.74) is 3.77. The number of carbonyl (C=O) groups is 2. The van der Waals surface area contributed by atoms with Crippen molar-refractivity contribution in [1.82, 2.24) is 4.98 Å². The number of esters is 1. The van der Waals surface area contributed by atoms with Crippen LogP contribution in [-0.4, -0.2) is 30.1 Å². The van der Waals surface area contributed by atoms with Gasteiger partial charge in [0.2, 0.25) is 5.91 Å². The maximum Gasteiger partial charge on any atom is 0.397 e. The number of alkyl halides is 3. The van der Waals surface area contributed by atoms with Gasteiger partial charge in [0.1, 0.15) is 12.1 Å². The van der Waals surface area contributed by atoms with Crippen LogP contribution in [0.15, 0.2) is 54.7 Å². The van der Waals surface area contributed by atoms with Crippen LogP contribution in [0.1, 0.15) is 40.9 Å². The molecule has 0 saturated heterocycles. The number of pyridine rings is 1. The van der Waals surface area contributed by atoms with Crippen LogP contribution < -0.4 is 10.6 Å². The summed E-state index contributed by atoms with van der Waals surface area (Å²) in [6.45, 7) is 3.75. The number of ether oxygens (including phenoxy) is 1. The molecule has 3 rings (SSSR count). The second-order valence-corrected chi connectivity index (χ2v) is 8.29. The highest BCUT2D eigenvalue weighted by Gasteiger charge is 2.31. The number of rotatable bonds is 7. The van der Waals surface area contributed by atoms with E-state index >= 15 is 0 Å². The Kier molecular flexibility index (Phi) is 8.01. The van der Waals surface area contributed by atoms with Crippen molar-refractivity contribution in [3.05, 3.63) is 76.4 Å². The van der Waals surface area contributed by atoms with Gasteiger partial charge < -0.3 is 15.4 Å². The summed E-state index contributed by atoms with van der Waals surface area (Å²) in [4.78, 5) is 28.1. The summed E-state index contributed by atoms with van der Waals surface area (Å²) in [6, 6.07) is 13.9. The summed E-state index contributed by atoms with van der Waals surface area (Å²) in [7, 11) is 1.33. The van der Waals surface area contributed by atoms with Crippen LogP contribution in [0.2, 0.25) is 5.02 Å². The van der Waals surface area contributed by atoms with E-state index in [1.807, 2.05) is 50.2 Å². The minimum Gasteiger partial charge on any atom is -0.465 e. The number of aryl methyl sites for hydroxylation is 1. The van der Waals surface area contributed by atoms with Crippen molar-refractivity contribution in [2.75, 3.05) is 17.7 Å². The van der Waals surface area contributed by atoms with Crippen LogP contribution in [0.25, 0.3) is 11.1 Å². The first kappa shape index (κ1) is 26.0. The third kappa shape index (κ3) is 6.73. The highest BCUT2D eigenvalue weighted by Crippen LogP contribution is 2.33. The Morgan fingerprint density at radius 3 is 2.43 bits per heavy atom. The van der Waals surface area contributed by atoms with Crippen molar-refractivity contribution in [2.24, 2.45) is 0 Å². The zero-order valence-corrected chi connectivity index (χ0v) is 19.9. The Morgan fingerprint density at radius 1 is 1.11 bits per heavy atom. The van der Waals surface area contributed by atoms with Gasteiger partial charge in [0.15, 0.2) is 5.82 Å². The van der Waals surface area contributed by atoms with E-state index in [-0.39, 0.29) is 22.6 Å². The SMILES string of the molecule is COC(=O)c1ccc(C)cc1-c1ccc(C(C)Nc2nccc(Cl)c2NC(=O)CC(F)(F)F)cc1. The van der Waals surface area contributed by atoms with Crippen LogP contribution in [0.5, 0.6) is 0 Å². The van der Waals surface area contributed by atoms with E-state index in [1.165, 1.54) is 19.4 Å². The molecule has 10 heteroatoms. The Balaban J connectivity index is 1.82. The van der Waals surface area contributed by atoms with Crippen molar-refractivity contribution < 1.29 is 27.5 Å². The highest BCUT2D eigenvalue weighted by atomic mass is 35.5. The first-order valence-electron chi connectivity index (χ1n) is 10.6. The quantitative estimate of drug-likeness (QED) is 0.355. The van der Waals surface area contributed by atoms with Gasteiger partial charge in [-0.2, -0.15) is 13.2 Å². The Labute approximate surface area is 205 Å². The fraction of sp³-hybridized carbons (Fsp3) is 0.240. The molecular formula is C25H23ClF3N3O3. The smallest absolute Gasteiger partial charge is 0.397 e. The van der Waals surface area contributed by atoms with E-state index in [0.717, 1.165) is 22.3 Å². The molecule has 1 amide bonds. The molecule has 0 spiro atoms. The van der Waals surface area contributed by atoms with Gasteiger partial charge in [-0.05, 0) is 42.7 Å². The molecule has 2 aromatic carbocycles. The molecule has 35 heavy (non-hydrogen) atoms. The molecule has 1 heterocycles. The minimum absolute atomic E-state index is 0.0330. The van der Waals surface area contributed by atoms with Crippen molar-refractivity contribution in [3.8, 4) is 11.1 Å². The molecule has 184 valence electrons. The van der Waals surface area contributed by atoms with E-state index in [2.05, 4.69) is 15.6 Å². The third-order valence-corrected chi connectivity index (χ3v) is 5.50. The summed E-state index contributed by atoms with van der Waals surface area (Å²) in [5.74, 6) is -1.55. The molecular weight excluding hydrogens is 483 g/mol. The first-order chi connectivity index (χ1) is 16.5. The Hall–Kier alpha value is -3.59. The lowest BCUT2D eigenvalue weighted by Crippen LogP contribution is -2.22. The van der Waals surface area contributed by atoms with Crippen molar-refractivity contribution in [2.45, 2.75) is 32.5 Å². The van der Waals surface area contributed by atoms with Gasteiger partial charge in [-0.25, -0.2) is 9.78 Å². The number of amides is 1. The number of nitrogens with zero attached hydrogens (tertiary/aromatic N) is 1. The average Bonchev–Trinajstić information content (AvgIpc) is 2.79. The van der Waals surface area contributed by atoms with Gasteiger partial charge in [-0.15, -0.1) is 0 Å². The van der Waals surface area contributed by atoms with Gasteiger partial charge in [0.25, 0.3) is 0 Å². The number of benzene rings is 2. The second kappa shape index (κ2) is 10.8. The summed E-state index contributed by atoms with van der Waals surface area (Å²) in [5, 5.41) is 5.32. The first-order valence-corrected chi connectivity index (χ1v) is 10.9. The van der Waals surface area contributed by atoms with E-state index in [0.29, 0.717) is 5.56 Å². The van der Waals surface area contributed by atoms with Crippen molar-refractivity contribution in [1.29, 1.82) is 0 Å². The molecule has 3 aromatic rings. The lowest BCUT2D eigenvalue weighted by molar-refractivity contribution is -0.150. The van der Waals surface area contributed by atoms with Gasteiger partial charge in [-0.3, -0.25) is 4.79 Å². The molecule has 2 N–H and O–H groups in total. The predicted molar refractivity (Wildman–Crippen MR) is 129 cm³/mol. The molecule has 1 atom stereocenters. The second-order valence-electron chi connectivity index (χ2n) is 7.89. The standard InChI is InChI=1S/C25H23ClF3N3O3/c1-14-4-9-18(24(34)35-3)19(12-14)17-7-5-16(6-8-17)15(2)31-23-22(20(26)10-11-30-23)32-21(33)13-25(27,28)29/h4-12,15H,13H2,1-3H3,(H,30,31)(H,32,33). The number of hydrogen-bond acceptors (Lipinski definition) is 5. The molecule has 1 aromatic heterocycles. The molecule has 0 fully saturated rings. The Morgan fingerprint density at radius 2 is 1.80 bits per heavy atom. The average molecular weight is 506 g/mol. The number of nitrogens with one attached hydrogen (secondary N) is 2. The zero-order valence-electron chi connectivity index (χ0n) is 19.2. The fourth-order valence-corrected chi connectivity index (χ4v) is 3.65. The minimum atomic E-state index is -4.65. The molecule has 6 nitrogen and oxygen atoms in total. The lowest BCUT2D eigenvalue weighted by atomic mass is 9.96. The number of methoxy groups -OCH3 is 1. The summed E-state index contributed by atoms with van der Waals surface area (Å²) in [6.07, 6.45) is -4.90. The van der Waals surface area contributed by atoms with Crippen LogP contribution in [-0.2, 0) is 9.53 Å². The number of halogens is 4. The number of aromatic nitrogens is 1. The largest absolute Gasteiger partial charge is 0.465 e. The highest BCUT2D eigenvalue weighted by molar-refractivity contribution is 6.34. The summed E-state index contributed by atoms with van der Waals surface area (Å²) < 4.78 is 42.6. The van der Waals surface area contributed by atoms with E-state index in [4.69, 9.17) is 16.3 Å². The Bertz CT molecular complexity index is 1230. The lowest BCUT2D eigenvalue weighted by Gasteiger charge is -2.19. The van der Waals surface area contributed by atoms with E-state index < -0.39 is 24.5 Å². The van der Waals surface area contributed by atoms with Crippen LogP contribution in [0.3, 0.4) is 0 Å². The molecule has 0 aliphatic rings. The third-order valence-electron chi connectivity index (χ3n) is 5.18. The summed E-state index contributed by atoms with van der Waals surface area (Å²) >= 11 is 6.11. The van der Waals surface area contributed by atoms with Crippen molar-refractivity contribution >= 4 is 35.0 Å². The molecule has 0 saturated carbocycles. The molecule has 0 aliphatic heterocycles. The molecule has 0 radical (unpaired) electrons. The number of carbonyl (C=O) groups excluding carboxylic acids is 2. The molecule has 0 bridgehead atoms. The van der Waals surface area contributed by atoms with Gasteiger partial charge >= 0.3 is 12.1 Å². The van der Waals surface area contributed by atoms with Gasteiger partial charge in [0.05, 0.1) is 23.7 Å². The maximum atomic E-state index is 12.6. The van der Waals surface area contributed by atoms with Crippen LogP contribution in [0.4, 0.5) is 24.7 Å². The topological polar surface area (TPSA) is 80.3 Å². The van der Waals surface area contributed by atoms with Gasteiger partial charge in [0, 0.05) is 6.20 Å². The normalized spacial score (nSPS) is 12.1. The van der Waals surface area contributed by atoms with E-state index in [1.54, 1.807) is 6.07 Å². The monoisotopic (exact) mass is 505 g/mol. The van der Waals surface area contributed by atoms with Crippen LogP contribution >= 0.6 is 11.6 Å². The number of anilines is 2. The zero-order chi connectivity index (χ0) is 25.8.